The van der Waals surface area contributed by atoms with Crippen molar-refractivity contribution >= 4 is 5.91 Å². The molecule has 0 aliphatic rings. The second kappa shape index (κ2) is 4.94. The smallest absolute Gasteiger partial charge is 0.335 e. The summed E-state index contributed by atoms with van der Waals surface area (Å²) in [6.07, 6.45) is 1.57. The van der Waals surface area contributed by atoms with Crippen molar-refractivity contribution in [3.63, 3.8) is 0 Å². The largest absolute Gasteiger partial charge is 0.430 e. The first-order valence-corrected chi connectivity index (χ1v) is 4.97. The Morgan fingerprint density at radius 2 is 2.19 bits per heavy atom. The van der Waals surface area contributed by atoms with Gasteiger partial charge in [0.15, 0.2) is 0 Å². The lowest BCUT2D eigenvalue weighted by Gasteiger charge is -2.25. The highest BCUT2D eigenvalue weighted by Crippen LogP contribution is 2.08. The molecule has 0 saturated carbocycles. The maximum absolute atomic E-state index is 11.7. The molecule has 1 aromatic rings. The molecule has 2 N–H and O–H groups in total. The van der Waals surface area contributed by atoms with Crippen LogP contribution in [0.3, 0.4) is 0 Å². The van der Waals surface area contributed by atoms with Gasteiger partial charge in [0.1, 0.15) is 6.26 Å². The zero-order valence-electron chi connectivity index (χ0n) is 9.32. The standard InChI is InChI=1S/C11H15NO4/c1-11(2,5-6-13)12-10(15)8-3-4-9(14)16-7-8/h3-4,7,13H,5-6H2,1-2H3,(H,12,15). The first-order chi connectivity index (χ1) is 7.44. The first-order valence-electron chi connectivity index (χ1n) is 4.97. The van der Waals surface area contributed by atoms with Crippen LogP contribution < -0.4 is 10.9 Å². The van der Waals surface area contributed by atoms with E-state index < -0.39 is 11.2 Å². The summed E-state index contributed by atoms with van der Waals surface area (Å²) in [6.45, 7) is 3.61. The number of rotatable bonds is 4. The van der Waals surface area contributed by atoms with Gasteiger partial charge in [-0.25, -0.2) is 4.79 Å². The van der Waals surface area contributed by atoms with Crippen molar-refractivity contribution in [2.75, 3.05) is 6.61 Å². The highest BCUT2D eigenvalue weighted by Gasteiger charge is 2.20. The average molecular weight is 225 g/mol. The molecule has 1 rings (SSSR count). The Morgan fingerprint density at radius 3 is 2.69 bits per heavy atom. The summed E-state index contributed by atoms with van der Waals surface area (Å²) in [5.41, 5.74) is -0.709. The van der Waals surface area contributed by atoms with E-state index in [2.05, 4.69) is 9.73 Å². The summed E-state index contributed by atoms with van der Waals surface area (Å²) in [5, 5.41) is 11.5. The monoisotopic (exact) mass is 225 g/mol. The van der Waals surface area contributed by atoms with Gasteiger partial charge in [-0.05, 0) is 26.3 Å². The van der Waals surface area contributed by atoms with Crippen LogP contribution in [0, 0.1) is 0 Å². The normalized spacial score (nSPS) is 11.2. The summed E-state index contributed by atoms with van der Waals surface area (Å²) < 4.78 is 4.59. The minimum Gasteiger partial charge on any atom is -0.430 e. The first kappa shape index (κ1) is 12.4. The van der Waals surface area contributed by atoms with Crippen LogP contribution in [0.5, 0.6) is 0 Å². The molecule has 0 atom stereocenters. The molecule has 5 nitrogen and oxygen atoms in total. The van der Waals surface area contributed by atoms with Crippen LogP contribution >= 0.6 is 0 Å². The predicted molar refractivity (Wildman–Crippen MR) is 58.2 cm³/mol. The van der Waals surface area contributed by atoms with Crippen LogP contribution in [-0.4, -0.2) is 23.2 Å². The minimum atomic E-state index is -0.498. The molecule has 88 valence electrons. The topological polar surface area (TPSA) is 79.5 Å². The molecule has 0 aliphatic heterocycles. The van der Waals surface area contributed by atoms with E-state index in [1.165, 1.54) is 12.1 Å². The fraction of sp³-hybridized carbons (Fsp3) is 0.455. The zero-order chi connectivity index (χ0) is 12.2. The lowest BCUT2D eigenvalue weighted by atomic mass is 10.0. The molecule has 1 heterocycles. The molecule has 5 heteroatoms. The molecule has 0 aliphatic carbocycles. The molecule has 0 saturated heterocycles. The van der Waals surface area contributed by atoms with Crippen molar-refractivity contribution in [2.45, 2.75) is 25.8 Å². The van der Waals surface area contributed by atoms with E-state index in [1.54, 1.807) is 13.8 Å². The third-order valence-electron chi connectivity index (χ3n) is 2.15. The number of nitrogens with one attached hydrogen (secondary N) is 1. The summed E-state index contributed by atoms with van der Waals surface area (Å²) in [6, 6.07) is 2.59. The predicted octanol–water partition coefficient (Wildman–Crippen LogP) is 0.531. The van der Waals surface area contributed by atoms with Crippen LogP contribution in [0.25, 0.3) is 0 Å². The zero-order valence-corrected chi connectivity index (χ0v) is 9.32. The fourth-order valence-electron chi connectivity index (χ4n) is 1.21. The second-order valence-corrected chi connectivity index (χ2v) is 4.16. The van der Waals surface area contributed by atoms with Gasteiger partial charge in [-0.2, -0.15) is 0 Å². The van der Waals surface area contributed by atoms with Crippen LogP contribution in [0.15, 0.2) is 27.6 Å². The maximum Gasteiger partial charge on any atom is 0.335 e. The molecule has 0 bridgehead atoms. The summed E-state index contributed by atoms with van der Waals surface area (Å²) in [4.78, 5) is 22.4. The van der Waals surface area contributed by atoms with E-state index in [-0.39, 0.29) is 18.1 Å². The lowest BCUT2D eigenvalue weighted by molar-refractivity contribution is 0.0897. The molecule has 0 unspecified atom stereocenters. The highest BCUT2D eigenvalue weighted by molar-refractivity contribution is 5.94. The Labute approximate surface area is 93.1 Å². The summed E-state index contributed by atoms with van der Waals surface area (Å²) in [5.74, 6) is -0.331. The molecule has 0 fully saturated rings. The number of hydrogen-bond donors (Lipinski definition) is 2. The van der Waals surface area contributed by atoms with E-state index in [1.807, 2.05) is 0 Å². The number of carbonyl (C=O) groups excluding carboxylic acids is 1. The van der Waals surface area contributed by atoms with Crippen molar-refractivity contribution in [1.82, 2.24) is 5.32 Å². The molecule has 0 aromatic carbocycles. The number of aliphatic hydroxyl groups excluding tert-OH is 1. The van der Waals surface area contributed by atoms with Gasteiger partial charge >= 0.3 is 5.63 Å². The Hall–Kier alpha value is -1.62. The molecular weight excluding hydrogens is 210 g/mol. The Bertz CT molecular complexity index is 402. The lowest BCUT2D eigenvalue weighted by Crippen LogP contribution is -2.44. The Morgan fingerprint density at radius 1 is 1.50 bits per heavy atom. The maximum atomic E-state index is 11.7. The SMILES string of the molecule is CC(C)(CCO)NC(=O)c1ccc(=O)oc1. The number of aliphatic hydroxyl groups is 1. The van der Waals surface area contributed by atoms with E-state index in [9.17, 15) is 9.59 Å². The van der Waals surface area contributed by atoms with Crippen LogP contribution in [0.1, 0.15) is 30.6 Å². The Balaban J connectivity index is 2.72. The van der Waals surface area contributed by atoms with Crippen molar-refractivity contribution < 1.29 is 14.3 Å². The number of carbonyl (C=O) groups is 1. The number of hydrogen-bond acceptors (Lipinski definition) is 4. The van der Waals surface area contributed by atoms with Crippen LogP contribution in [0.2, 0.25) is 0 Å². The van der Waals surface area contributed by atoms with Crippen molar-refractivity contribution in [2.24, 2.45) is 0 Å². The van der Waals surface area contributed by atoms with Gasteiger partial charge in [-0.3, -0.25) is 4.79 Å². The second-order valence-electron chi connectivity index (χ2n) is 4.16. The highest BCUT2D eigenvalue weighted by atomic mass is 16.4. The average Bonchev–Trinajstić information content (AvgIpc) is 2.17. The van der Waals surface area contributed by atoms with Gasteiger partial charge in [-0.1, -0.05) is 0 Å². The van der Waals surface area contributed by atoms with E-state index in [0.29, 0.717) is 6.42 Å². The van der Waals surface area contributed by atoms with Crippen molar-refractivity contribution in [3.8, 4) is 0 Å². The van der Waals surface area contributed by atoms with E-state index in [4.69, 9.17) is 5.11 Å². The molecular formula is C11H15NO4. The van der Waals surface area contributed by atoms with Crippen molar-refractivity contribution in [1.29, 1.82) is 0 Å². The molecule has 1 aromatic heterocycles. The van der Waals surface area contributed by atoms with Gasteiger partial charge in [0.05, 0.1) is 5.56 Å². The summed E-state index contributed by atoms with van der Waals surface area (Å²) >= 11 is 0. The fourth-order valence-corrected chi connectivity index (χ4v) is 1.21. The van der Waals surface area contributed by atoms with Gasteiger partial charge in [-0.15, -0.1) is 0 Å². The molecule has 1 amide bonds. The molecule has 0 spiro atoms. The van der Waals surface area contributed by atoms with Gasteiger partial charge < -0.3 is 14.8 Å². The van der Waals surface area contributed by atoms with Crippen LogP contribution in [-0.2, 0) is 0 Å². The minimum absolute atomic E-state index is 0.00282. The molecule has 16 heavy (non-hydrogen) atoms. The third-order valence-corrected chi connectivity index (χ3v) is 2.15. The van der Waals surface area contributed by atoms with Crippen molar-refractivity contribution in [3.05, 3.63) is 34.4 Å². The summed E-state index contributed by atoms with van der Waals surface area (Å²) in [7, 11) is 0. The van der Waals surface area contributed by atoms with E-state index in [0.717, 1.165) is 6.26 Å². The number of amides is 1. The van der Waals surface area contributed by atoms with Crippen LogP contribution in [0.4, 0.5) is 0 Å². The Kier molecular flexibility index (Phi) is 3.84. The van der Waals surface area contributed by atoms with Gasteiger partial charge in [0, 0.05) is 18.2 Å². The van der Waals surface area contributed by atoms with Gasteiger partial charge in [0.2, 0.25) is 0 Å². The quantitative estimate of drug-likeness (QED) is 0.783. The van der Waals surface area contributed by atoms with E-state index >= 15 is 0 Å². The molecule has 0 radical (unpaired) electrons. The third kappa shape index (κ3) is 3.51. The van der Waals surface area contributed by atoms with Gasteiger partial charge in [0.25, 0.3) is 5.91 Å².